The van der Waals surface area contributed by atoms with E-state index in [2.05, 4.69) is 27.5 Å². The summed E-state index contributed by atoms with van der Waals surface area (Å²) in [5, 5.41) is 12.2. The molecule has 0 radical (unpaired) electrons. The predicted molar refractivity (Wildman–Crippen MR) is 118 cm³/mol. The van der Waals surface area contributed by atoms with Gasteiger partial charge in [0.1, 0.15) is 22.9 Å². The van der Waals surface area contributed by atoms with Crippen molar-refractivity contribution in [3.05, 3.63) is 40.2 Å². The van der Waals surface area contributed by atoms with Crippen molar-refractivity contribution in [1.82, 2.24) is 19.7 Å². The molecule has 6 rings (SSSR count). The van der Waals surface area contributed by atoms with Crippen molar-refractivity contribution in [2.45, 2.75) is 31.5 Å². The van der Waals surface area contributed by atoms with Crippen LogP contribution in [0.1, 0.15) is 35.8 Å². The first-order chi connectivity index (χ1) is 15.8. The SMILES string of the molecule is CN1CCC(c2nnc(-c3c4c5c(n3-4)NCCN5Cc3cc(Cl)ccc3C(F)(F)F)o2)CC1. The molecule has 0 bridgehead atoms. The maximum absolute atomic E-state index is 13.5. The molecule has 174 valence electrons. The standard InChI is InChI=1S/C22H22ClF3N6O/c1-30-7-4-12(5-8-30)20-28-29-21(33-20)18-16-17-19(32(16)18)27-6-9-31(17)11-13-10-14(23)2-3-15(13)22(24,25)26/h2-3,10,12,27H,4-9,11H2,1H3. The summed E-state index contributed by atoms with van der Waals surface area (Å²) in [7, 11) is 2.10. The zero-order valence-corrected chi connectivity index (χ0v) is 18.7. The van der Waals surface area contributed by atoms with E-state index in [4.69, 9.17) is 16.0 Å². The van der Waals surface area contributed by atoms with Crippen molar-refractivity contribution >= 4 is 23.1 Å². The van der Waals surface area contributed by atoms with Crippen LogP contribution in [0.4, 0.5) is 24.7 Å². The van der Waals surface area contributed by atoms with Crippen LogP contribution in [0.3, 0.4) is 0 Å². The summed E-state index contributed by atoms with van der Waals surface area (Å²) in [6, 6.07) is 3.73. The van der Waals surface area contributed by atoms with Crippen LogP contribution in [0.2, 0.25) is 5.02 Å². The normalized spacial score (nSPS) is 18.4. The predicted octanol–water partition coefficient (Wildman–Crippen LogP) is 4.75. The molecule has 7 nitrogen and oxygen atoms in total. The molecule has 33 heavy (non-hydrogen) atoms. The Morgan fingerprint density at radius 1 is 1.15 bits per heavy atom. The summed E-state index contributed by atoms with van der Waals surface area (Å²) in [5.41, 5.74) is 2.17. The lowest BCUT2D eigenvalue weighted by Gasteiger charge is -2.35. The summed E-state index contributed by atoms with van der Waals surface area (Å²) in [5.74, 6) is 2.27. The highest BCUT2D eigenvalue weighted by atomic mass is 35.5. The molecule has 0 unspecified atom stereocenters. The molecular weight excluding hydrogens is 457 g/mol. The first-order valence-corrected chi connectivity index (χ1v) is 11.3. The molecule has 2 aromatic rings. The molecule has 1 aromatic heterocycles. The summed E-state index contributed by atoms with van der Waals surface area (Å²) in [6.45, 7) is 3.33. The van der Waals surface area contributed by atoms with Crippen LogP contribution < -0.4 is 10.2 Å². The highest BCUT2D eigenvalue weighted by Crippen LogP contribution is 2.58. The number of halogens is 4. The number of rotatable bonds is 4. The minimum atomic E-state index is -4.44. The largest absolute Gasteiger partial charge is 0.419 e. The zero-order valence-electron chi connectivity index (χ0n) is 17.9. The summed E-state index contributed by atoms with van der Waals surface area (Å²) < 4.78 is 48.6. The lowest BCUT2D eigenvalue weighted by molar-refractivity contribution is -0.138. The van der Waals surface area contributed by atoms with Crippen LogP contribution >= 0.6 is 11.6 Å². The quantitative estimate of drug-likeness (QED) is 0.456. The Labute approximate surface area is 193 Å². The molecule has 1 fully saturated rings. The number of benzene rings is 1. The number of aromatic nitrogens is 3. The minimum Gasteiger partial charge on any atom is -0.419 e. The van der Waals surface area contributed by atoms with E-state index in [0.29, 0.717) is 24.9 Å². The zero-order chi connectivity index (χ0) is 22.9. The van der Waals surface area contributed by atoms with Crippen LogP contribution in [-0.2, 0) is 12.7 Å². The molecule has 5 heterocycles. The first-order valence-electron chi connectivity index (χ1n) is 11.0. The van der Waals surface area contributed by atoms with E-state index < -0.39 is 11.7 Å². The molecule has 1 N–H and O–H groups in total. The van der Waals surface area contributed by atoms with Gasteiger partial charge in [-0.2, -0.15) is 13.2 Å². The van der Waals surface area contributed by atoms with Gasteiger partial charge in [-0.1, -0.05) is 11.6 Å². The highest BCUT2D eigenvalue weighted by Gasteiger charge is 2.46. The Bertz CT molecular complexity index is 1230. The van der Waals surface area contributed by atoms with Gasteiger partial charge in [-0.05, 0) is 56.7 Å². The lowest BCUT2D eigenvalue weighted by Crippen LogP contribution is -2.36. The minimum absolute atomic E-state index is 0.116. The Hall–Kier alpha value is -2.72. The van der Waals surface area contributed by atoms with Crippen LogP contribution in [0.5, 0.6) is 0 Å². The van der Waals surface area contributed by atoms with Crippen molar-refractivity contribution in [2.75, 3.05) is 43.4 Å². The van der Waals surface area contributed by atoms with Crippen LogP contribution in [-0.4, -0.2) is 52.9 Å². The van der Waals surface area contributed by atoms with Gasteiger partial charge in [-0.15, -0.1) is 10.2 Å². The van der Waals surface area contributed by atoms with Crippen molar-refractivity contribution in [2.24, 2.45) is 0 Å². The van der Waals surface area contributed by atoms with Gasteiger partial charge in [0, 0.05) is 30.6 Å². The molecule has 0 atom stereocenters. The van der Waals surface area contributed by atoms with Gasteiger partial charge in [-0.3, -0.25) is 4.57 Å². The van der Waals surface area contributed by atoms with Gasteiger partial charge >= 0.3 is 6.18 Å². The van der Waals surface area contributed by atoms with Gasteiger partial charge in [0.25, 0.3) is 5.89 Å². The maximum atomic E-state index is 13.5. The third-order valence-electron chi connectivity index (χ3n) is 6.73. The second kappa shape index (κ2) is 7.39. The van der Waals surface area contributed by atoms with E-state index in [1.807, 2.05) is 9.47 Å². The molecular formula is C22H22ClF3N6O. The van der Waals surface area contributed by atoms with Gasteiger partial charge in [0.05, 0.1) is 5.56 Å². The maximum Gasteiger partial charge on any atom is 0.416 e. The van der Waals surface area contributed by atoms with Crippen molar-refractivity contribution in [3.8, 4) is 17.3 Å². The molecule has 4 aliphatic rings. The number of likely N-dealkylation sites (tertiary alicyclic amines) is 1. The van der Waals surface area contributed by atoms with E-state index in [9.17, 15) is 13.2 Å². The second-order valence-electron chi connectivity index (χ2n) is 8.90. The fourth-order valence-corrected chi connectivity index (χ4v) is 5.13. The Kier molecular flexibility index (Phi) is 4.67. The number of nitrogens with one attached hydrogen (secondary N) is 1. The Morgan fingerprint density at radius 3 is 2.70 bits per heavy atom. The Balaban J connectivity index is 1.27. The number of anilines is 2. The van der Waals surface area contributed by atoms with Gasteiger partial charge in [0.2, 0.25) is 5.89 Å². The molecule has 0 saturated carbocycles. The van der Waals surface area contributed by atoms with E-state index >= 15 is 0 Å². The van der Waals surface area contributed by atoms with Gasteiger partial charge < -0.3 is 19.5 Å². The van der Waals surface area contributed by atoms with Gasteiger partial charge in [0.15, 0.2) is 0 Å². The molecule has 11 heteroatoms. The van der Waals surface area contributed by atoms with E-state index in [1.165, 1.54) is 12.1 Å². The fraction of sp³-hybridized carbons (Fsp3) is 0.455. The molecule has 1 saturated heterocycles. The summed E-state index contributed by atoms with van der Waals surface area (Å²) >= 11 is 6.02. The lowest BCUT2D eigenvalue weighted by atomic mass is 9.97. The number of hydrogen-bond donors (Lipinski definition) is 1. The van der Waals surface area contributed by atoms with E-state index in [1.54, 1.807) is 0 Å². The molecule has 0 aliphatic carbocycles. The highest BCUT2D eigenvalue weighted by molar-refractivity contribution is 6.30. The van der Waals surface area contributed by atoms with Crippen LogP contribution in [0.25, 0.3) is 17.3 Å². The second-order valence-corrected chi connectivity index (χ2v) is 9.34. The Morgan fingerprint density at radius 2 is 1.94 bits per heavy atom. The fourth-order valence-electron chi connectivity index (χ4n) is 4.94. The summed E-state index contributed by atoms with van der Waals surface area (Å²) in [4.78, 5) is 4.24. The van der Waals surface area contributed by atoms with Gasteiger partial charge in [-0.25, -0.2) is 0 Å². The first kappa shape index (κ1) is 20.9. The number of fused-ring (bicyclic) bond motifs is 4. The average molecular weight is 479 g/mol. The third kappa shape index (κ3) is 3.47. The van der Waals surface area contributed by atoms with E-state index in [-0.39, 0.29) is 23.0 Å². The van der Waals surface area contributed by atoms with E-state index in [0.717, 1.165) is 54.9 Å². The van der Waals surface area contributed by atoms with Crippen LogP contribution in [0, 0.1) is 0 Å². The van der Waals surface area contributed by atoms with Crippen molar-refractivity contribution < 1.29 is 17.6 Å². The molecule has 0 amide bonds. The van der Waals surface area contributed by atoms with Crippen molar-refractivity contribution in [1.29, 1.82) is 0 Å². The summed E-state index contributed by atoms with van der Waals surface area (Å²) in [6.07, 6.45) is -2.47. The average Bonchev–Trinajstić information content (AvgIpc) is 3.13. The molecule has 1 aromatic carbocycles. The number of nitrogens with zero attached hydrogens (tertiary/aromatic N) is 5. The third-order valence-corrected chi connectivity index (χ3v) is 6.96. The molecule has 4 aliphatic heterocycles. The number of alkyl halides is 3. The smallest absolute Gasteiger partial charge is 0.416 e. The topological polar surface area (TPSA) is 62.4 Å². The van der Waals surface area contributed by atoms with Crippen LogP contribution in [0.15, 0.2) is 22.6 Å². The number of piperidine rings is 1. The monoisotopic (exact) mass is 478 g/mol. The molecule has 0 spiro atoms. The van der Waals surface area contributed by atoms with Crippen molar-refractivity contribution in [3.63, 3.8) is 0 Å². The number of hydrogen-bond acceptors (Lipinski definition) is 6.